The first kappa shape index (κ1) is 18.9. The van der Waals surface area contributed by atoms with Crippen LogP contribution in [-0.4, -0.2) is 16.2 Å². The second-order valence-corrected chi connectivity index (χ2v) is 8.62. The number of rotatable bonds is 2. The first-order chi connectivity index (χ1) is 15.6. The minimum atomic E-state index is -1.12. The number of aromatic hydroxyl groups is 1. The lowest BCUT2D eigenvalue weighted by Gasteiger charge is -2.26. The van der Waals surface area contributed by atoms with Crippen molar-refractivity contribution < 1.29 is 15.0 Å². The summed E-state index contributed by atoms with van der Waals surface area (Å²) in [5.41, 5.74) is 6.87. The van der Waals surface area contributed by atoms with Crippen LogP contribution in [0.4, 0.5) is 0 Å². The van der Waals surface area contributed by atoms with Crippen LogP contribution in [0, 0.1) is 0 Å². The highest BCUT2D eigenvalue weighted by Gasteiger charge is 2.24. The van der Waals surface area contributed by atoms with Crippen molar-refractivity contribution in [3.63, 3.8) is 0 Å². The van der Waals surface area contributed by atoms with E-state index in [1.54, 1.807) is 17.7 Å². The number of hydrogen-bond donors (Lipinski definition) is 2. The van der Waals surface area contributed by atoms with Crippen LogP contribution in [0.2, 0.25) is 0 Å². The first-order valence-electron chi connectivity index (χ1n) is 11.1. The van der Waals surface area contributed by atoms with Crippen molar-refractivity contribution >= 4 is 33.1 Å². The van der Waals surface area contributed by atoms with Gasteiger partial charge in [0.25, 0.3) is 0 Å². The zero-order valence-electron chi connectivity index (χ0n) is 17.6. The monoisotopic (exact) mass is 418 g/mol. The molecular weight excluding hydrogens is 396 g/mol. The van der Waals surface area contributed by atoms with E-state index in [-0.39, 0.29) is 11.3 Å². The number of fused-ring (bicyclic) bond motifs is 5. The van der Waals surface area contributed by atoms with E-state index in [1.807, 2.05) is 30.3 Å². The van der Waals surface area contributed by atoms with E-state index in [2.05, 4.69) is 30.4 Å². The Morgan fingerprint density at radius 2 is 1.62 bits per heavy atom. The Bertz CT molecular complexity index is 1500. The van der Waals surface area contributed by atoms with E-state index < -0.39 is 5.97 Å². The molecule has 4 aromatic carbocycles. The summed E-state index contributed by atoms with van der Waals surface area (Å²) in [6, 6.07) is 19.6. The summed E-state index contributed by atoms with van der Waals surface area (Å²) >= 11 is 0. The molecular formula is C29H22O3. The van der Waals surface area contributed by atoms with Crippen molar-refractivity contribution in [2.75, 3.05) is 0 Å². The van der Waals surface area contributed by atoms with Gasteiger partial charge in [-0.05, 0) is 70.2 Å². The topological polar surface area (TPSA) is 57.5 Å². The third-order valence-corrected chi connectivity index (χ3v) is 6.94. The number of carboxylic acid groups (broad SMARTS) is 1. The maximum absolute atomic E-state index is 12.2. The summed E-state index contributed by atoms with van der Waals surface area (Å²) in [4.78, 5) is 12.2. The number of allylic oxidation sites excluding steroid dienone is 4. The summed E-state index contributed by atoms with van der Waals surface area (Å²) in [7, 11) is 0. The van der Waals surface area contributed by atoms with Crippen LogP contribution < -0.4 is 0 Å². The van der Waals surface area contributed by atoms with E-state index in [9.17, 15) is 15.0 Å². The molecule has 6 rings (SSSR count). The molecule has 0 saturated carbocycles. The van der Waals surface area contributed by atoms with Crippen molar-refractivity contribution in [1.82, 2.24) is 0 Å². The molecule has 2 N–H and O–H groups in total. The van der Waals surface area contributed by atoms with Gasteiger partial charge < -0.3 is 10.2 Å². The van der Waals surface area contributed by atoms with Crippen LogP contribution in [0.3, 0.4) is 0 Å². The van der Waals surface area contributed by atoms with Gasteiger partial charge >= 0.3 is 5.97 Å². The van der Waals surface area contributed by atoms with Gasteiger partial charge in [0, 0.05) is 10.9 Å². The van der Waals surface area contributed by atoms with Gasteiger partial charge in [0.1, 0.15) is 11.3 Å². The van der Waals surface area contributed by atoms with Crippen LogP contribution in [0.1, 0.15) is 40.7 Å². The zero-order valence-corrected chi connectivity index (χ0v) is 17.6. The lowest BCUT2D eigenvalue weighted by molar-refractivity contribution is 0.0695. The first-order valence-corrected chi connectivity index (χ1v) is 11.1. The van der Waals surface area contributed by atoms with Gasteiger partial charge in [-0.1, -0.05) is 72.3 Å². The third-order valence-electron chi connectivity index (χ3n) is 6.94. The third kappa shape index (κ3) is 2.71. The highest BCUT2D eigenvalue weighted by Crippen LogP contribution is 2.44. The lowest BCUT2D eigenvalue weighted by Crippen LogP contribution is -2.07. The largest absolute Gasteiger partial charge is 0.506 e. The molecule has 0 atom stereocenters. The molecule has 0 radical (unpaired) electrons. The summed E-state index contributed by atoms with van der Waals surface area (Å²) < 4.78 is 0. The molecule has 3 nitrogen and oxygen atoms in total. The Labute approximate surface area is 185 Å². The smallest absolute Gasteiger partial charge is 0.340 e. The number of carbonyl (C=O) groups is 1. The second kappa shape index (κ2) is 7.10. The van der Waals surface area contributed by atoms with Gasteiger partial charge in [-0.15, -0.1) is 0 Å². The molecule has 0 heterocycles. The number of hydrogen-bond acceptors (Lipinski definition) is 2. The zero-order chi connectivity index (χ0) is 21.8. The van der Waals surface area contributed by atoms with Gasteiger partial charge in [-0.25, -0.2) is 4.79 Å². The molecule has 3 heteroatoms. The number of aryl methyl sites for hydroxylation is 1. The Balaban J connectivity index is 1.65. The van der Waals surface area contributed by atoms with E-state index in [0.717, 1.165) is 47.4 Å². The Kier molecular flexibility index (Phi) is 4.19. The molecule has 0 unspecified atom stereocenters. The second-order valence-electron chi connectivity index (χ2n) is 8.62. The standard InChI is InChI=1S/C29H22O3/c30-28-20-9-4-2-7-18(20)16-26(27(28)29(31)32)22-11-5-10-21-24-13-12-17-6-1-3-8-19(17)23(24)14-15-25(21)22/h2-5,7-11,14-16,30H,1,6,12-13H2,(H,31,32). The summed E-state index contributed by atoms with van der Waals surface area (Å²) in [6.45, 7) is 0. The molecule has 0 spiro atoms. The van der Waals surface area contributed by atoms with E-state index in [1.165, 1.54) is 16.7 Å². The number of benzene rings is 4. The maximum Gasteiger partial charge on any atom is 0.340 e. The van der Waals surface area contributed by atoms with Gasteiger partial charge in [0.05, 0.1) is 0 Å². The summed E-state index contributed by atoms with van der Waals surface area (Å²) in [5.74, 6) is -1.30. The number of phenols is 1. The summed E-state index contributed by atoms with van der Waals surface area (Å²) in [5, 5.41) is 24.4. The van der Waals surface area contributed by atoms with Gasteiger partial charge in [0.15, 0.2) is 0 Å². The normalized spacial score (nSPS) is 15.1. The minimum Gasteiger partial charge on any atom is -0.506 e. The maximum atomic E-state index is 12.2. The van der Waals surface area contributed by atoms with Crippen molar-refractivity contribution in [1.29, 1.82) is 0 Å². The fourth-order valence-corrected chi connectivity index (χ4v) is 5.46. The van der Waals surface area contributed by atoms with Crippen molar-refractivity contribution in [2.45, 2.75) is 25.7 Å². The molecule has 0 amide bonds. The fourth-order valence-electron chi connectivity index (χ4n) is 5.46. The SMILES string of the molecule is O=C(O)c1c(-c2cccc3c4c(ccc23)C2=C(CCC=C2)CC4)cc2ccccc2c1O. The molecule has 0 saturated heterocycles. The molecule has 2 aliphatic carbocycles. The molecule has 4 aromatic rings. The fraction of sp³-hybridized carbons (Fsp3) is 0.138. The minimum absolute atomic E-state index is 0.0471. The molecule has 156 valence electrons. The Morgan fingerprint density at radius 1 is 0.781 bits per heavy atom. The van der Waals surface area contributed by atoms with Gasteiger partial charge in [0.2, 0.25) is 0 Å². The van der Waals surface area contributed by atoms with Crippen molar-refractivity contribution in [2.24, 2.45) is 0 Å². The average Bonchev–Trinajstić information content (AvgIpc) is 2.83. The van der Waals surface area contributed by atoms with Gasteiger partial charge in [-0.3, -0.25) is 0 Å². The molecule has 32 heavy (non-hydrogen) atoms. The lowest BCUT2D eigenvalue weighted by atomic mass is 9.79. The highest BCUT2D eigenvalue weighted by atomic mass is 16.4. The van der Waals surface area contributed by atoms with E-state index >= 15 is 0 Å². The van der Waals surface area contributed by atoms with Crippen LogP contribution in [0.25, 0.3) is 38.2 Å². The van der Waals surface area contributed by atoms with Crippen molar-refractivity contribution in [3.8, 4) is 16.9 Å². The number of carboxylic acids is 1. The van der Waals surface area contributed by atoms with Crippen LogP contribution >= 0.6 is 0 Å². The molecule has 2 aliphatic rings. The van der Waals surface area contributed by atoms with E-state index in [4.69, 9.17) is 0 Å². The van der Waals surface area contributed by atoms with Crippen LogP contribution in [0.15, 0.2) is 78.4 Å². The highest BCUT2D eigenvalue weighted by molar-refractivity contribution is 6.11. The molecule has 0 fully saturated rings. The summed E-state index contributed by atoms with van der Waals surface area (Å²) in [6.07, 6.45) is 8.85. The van der Waals surface area contributed by atoms with Gasteiger partial charge in [-0.2, -0.15) is 0 Å². The number of aromatic carboxylic acids is 1. The predicted octanol–water partition coefficient (Wildman–Crippen LogP) is 7.11. The molecule has 0 aromatic heterocycles. The van der Waals surface area contributed by atoms with E-state index in [0.29, 0.717) is 10.9 Å². The Morgan fingerprint density at radius 3 is 2.50 bits per heavy atom. The molecule has 0 bridgehead atoms. The van der Waals surface area contributed by atoms with Crippen LogP contribution in [0.5, 0.6) is 5.75 Å². The Hall–Kier alpha value is -3.85. The quantitative estimate of drug-likeness (QED) is 0.365. The predicted molar refractivity (Wildman–Crippen MR) is 129 cm³/mol. The van der Waals surface area contributed by atoms with Crippen molar-refractivity contribution in [3.05, 3.63) is 95.1 Å². The van der Waals surface area contributed by atoms with Crippen LogP contribution in [-0.2, 0) is 6.42 Å². The average molecular weight is 418 g/mol. The molecule has 0 aliphatic heterocycles.